The molecular formula is C7H5ClO3S. The zero-order valence-electron chi connectivity index (χ0n) is 5.90. The minimum Gasteiger partial charge on any atom is -0.257 e. The van der Waals surface area contributed by atoms with Crippen LogP contribution in [0.5, 0.6) is 0 Å². The van der Waals surface area contributed by atoms with Gasteiger partial charge in [0.15, 0.2) is 0 Å². The van der Waals surface area contributed by atoms with E-state index >= 15 is 0 Å². The fourth-order valence-electron chi connectivity index (χ4n) is 0.678. The number of hydrogen-bond donors (Lipinski definition) is 0. The molecule has 0 aliphatic heterocycles. The molecule has 0 saturated carbocycles. The van der Waals surface area contributed by atoms with Crippen LogP contribution in [0, 0.1) is 7.11 Å². The van der Waals surface area contributed by atoms with Crippen LogP contribution in [0.3, 0.4) is 0 Å². The van der Waals surface area contributed by atoms with Crippen LogP contribution in [0.1, 0.15) is 0 Å². The Balaban J connectivity index is 3.21. The third-order valence-electron chi connectivity index (χ3n) is 1.21. The van der Waals surface area contributed by atoms with E-state index in [9.17, 15) is 8.42 Å². The minimum atomic E-state index is -3.83. The van der Waals surface area contributed by atoms with Crippen LogP contribution < -0.4 is 0 Å². The van der Waals surface area contributed by atoms with Crippen LogP contribution in [0.4, 0.5) is 0 Å². The summed E-state index contributed by atoms with van der Waals surface area (Å²) in [5.41, 5.74) is 0. The first-order valence-corrected chi connectivity index (χ1v) is 4.74. The molecule has 0 amide bonds. The zero-order valence-corrected chi connectivity index (χ0v) is 7.47. The summed E-state index contributed by atoms with van der Waals surface area (Å²) in [6, 6.07) is 5.64. The highest BCUT2D eigenvalue weighted by Gasteiger charge is 2.12. The molecule has 1 aromatic rings. The van der Waals surface area contributed by atoms with Crippen LogP contribution in [0.2, 0.25) is 5.02 Å². The summed E-state index contributed by atoms with van der Waals surface area (Å²) in [6.07, 6.45) is 0. The molecule has 0 spiro atoms. The van der Waals surface area contributed by atoms with Gasteiger partial charge < -0.3 is 0 Å². The molecule has 0 N–H and O–H groups in total. The van der Waals surface area contributed by atoms with E-state index in [0.717, 1.165) is 0 Å². The molecule has 1 aromatic carbocycles. The van der Waals surface area contributed by atoms with E-state index in [4.69, 9.17) is 11.6 Å². The highest BCUT2D eigenvalue weighted by molar-refractivity contribution is 7.86. The Morgan fingerprint density at radius 2 is 2.08 bits per heavy atom. The summed E-state index contributed by atoms with van der Waals surface area (Å²) in [5, 5.41) is 0.313. The molecule has 3 nitrogen and oxygen atoms in total. The van der Waals surface area contributed by atoms with E-state index in [1.54, 1.807) is 6.07 Å². The van der Waals surface area contributed by atoms with Gasteiger partial charge in [0, 0.05) is 5.02 Å². The maximum absolute atomic E-state index is 10.9. The lowest BCUT2D eigenvalue weighted by Gasteiger charge is -1.99. The standard InChI is InChI=1S/C7H5ClO3S/c1-11-12(9,10)7-4-2-3-6(8)5-7/h1-5H. The molecular weight excluding hydrogens is 200 g/mol. The molecule has 0 aromatic heterocycles. The van der Waals surface area contributed by atoms with Crippen LogP contribution in [0.25, 0.3) is 0 Å². The molecule has 0 fully saturated rings. The average molecular weight is 205 g/mol. The van der Waals surface area contributed by atoms with Crippen molar-refractivity contribution >= 4 is 21.7 Å². The van der Waals surface area contributed by atoms with E-state index in [1.807, 2.05) is 0 Å². The van der Waals surface area contributed by atoms with Crippen LogP contribution in [-0.4, -0.2) is 8.42 Å². The van der Waals surface area contributed by atoms with Gasteiger partial charge in [-0.05, 0) is 18.2 Å². The smallest absolute Gasteiger partial charge is 0.257 e. The second-order valence-corrected chi connectivity index (χ2v) is 4.02. The lowest BCUT2D eigenvalue weighted by atomic mass is 10.4. The van der Waals surface area contributed by atoms with Crippen molar-refractivity contribution in [3.63, 3.8) is 0 Å². The van der Waals surface area contributed by atoms with Crippen molar-refractivity contribution < 1.29 is 12.6 Å². The van der Waals surface area contributed by atoms with Crippen LogP contribution in [0.15, 0.2) is 29.2 Å². The van der Waals surface area contributed by atoms with Crippen LogP contribution >= 0.6 is 11.6 Å². The highest BCUT2D eigenvalue weighted by atomic mass is 35.5. The van der Waals surface area contributed by atoms with E-state index in [-0.39, 0.29) is 4.90 Å². The topological polar surface area (TPSA) is 43.4 Å². The third kappa shape index (κ3) is 1.97. The Morgan fingerprint density at radius 1 is 1.42 bits per heavy atom. The minimum absolute atomic E-state index is 0.0579. The Labute approximate surface area is 76.0 Å². The van der Waals surface area contributed by atoms with Gasteiger partial charge in [0.25, 0.3) is 10.1 Å². The number of benzene rings is 1. The van der Waals surface area contributed by atoms with Crippen molar-refractivity contribution in [2.75, 3.05) is 0 Å². The molecule has 1 rings (SSSR count). The molecule has 64 valence electrons. The van der Waals surface area contributed by atoms with Gasteiger partial charge in [0.1, 0.15) is 7.11 Å². The predicted molar refractivity (Wildman–Crippen MR) is 44.0 cm³/mol. The predicted octanol–water partition coefficient (Wildman–Crippen LogP) is 1.71. The van der Waals surface area contributed by atoms with Gasteiger partial charge in [-0.15, -0.1) is 0 Å². The SMILES string of the molecule is [CH]OS(=O)(=O)c1cccc(Cl)c1. The van der Waals surface area contributed by atoms with Crippen molar-refractivity contribution in [2.24, 2.45) is 0 Å². The normalized spacial score (nSPS) is 11.5. The van der Waals surface area contributed by atoms with E-state index in [1.165, 1.54) is 18.2 Å². The maximum atomic E-state index is 10.9. The molecule has 0 aliphatic rings. The molecule has 2 radical (unpaired) electrons. The van der Waals surface area contributed by atoms with E-state index in [2.05, 4.69) is 11.3 Å². The summed E-state index contributed by atoms with van der Waals surface area (Å²) >= 11 is 5.55. The second-order valence-electron chi connectivity index (χ2n) is 2.01. The lowest BCUT2D eigenvalue weighted by molar-refractivity contribution is 0.438. The van der Waals surface area contributed by atoms with Crippen molar-refractivity contribution in [2.45, 2.75) is 4.90 Å². The molecule has 0 saturated heterocycles. The number of hydrogen-bond acceptors (Lipinski definition) is 3. The Kier molecular flexibility index (Phi) is 2.72. The molecule has 0 bridgehead atoms. The van der Waals surface area contributed by atoms with E-state index in [0.29, 0.717) is 5.02 Å². The summed E-state index contributed by atoms with van der Waals surface area (Å²) in [5.74, 6) is 0. The van der Waals surface area contributed by atoms with Gasteiger partial charge in [0.05, 0.1) is 4.90 Å². The molecule has 0 heterocycles. The zero-order chi connectivity index (χ0) is 9.19. The maximum Gasteiger partial charge on any atom is 0.297 e. The largest absolute Gasteiger partial charge is 0.297 e. The first-order valence-electron chi connectivity index (χ1n) is 2.95. The van der Waals surface area contributed by atoms with Gasteiger partial charge in [0.2, 0.25) is 0 Å². The van der Waals surface area contributed by atoms with Gasteiger partial charge in [-0.25, -0.2) is 0 Å². The quantitative estimate of drug-likeness (QED) is 0.689. The molecule has 0 aliphatic carbocycles. The first kappa shape index (κ1) is 9.51. The Bertz CT molecular complexity index is 372. The second kappa shape index (κ2) is 3.43. The fraction of sp³-hybridized carbons (Fsp3) is 0. The number of halogens is 1. The van der Waals surface area contributed by atoms with E-state index < -0.39 is 10.1 Å². The number of rotatable bonds is 2. The molecule has 0 unspecified atom stereocenters. The Hall–Kier alpha value is -0.580. The average Bonchev–Trinajstić information content (AvgIpc) is 2.05. The molecule has 12 heavy (non-hydrogen) atoms. The first-order chi connectivity index (χ1) is 5.56. The lowest BCUT2D eigenvalue weighted by Crippen LogP contribution is -2.00. The van der Waals surface area contributed by atoms with Gasteiger partial charge in [-0.2, -0.15) is 8.42 Å². The Morgan fingerprint density at radius 3 is 2.58 bits per heavy atom. The van der Waals surface area contributed by atoms with Gasteiger partial charge in [-0.3, -0.25) is 4.18 Å². The van der Waals surface area contributed by atoms with Crippen molar-refractivity contribution in [3.8, 4) is 0 Å². The monoisotopic (exact) mass is 204 g/mol. The summed E-state index contributed by atoms with van der Waals surface area (Å²) in [6.45, 7) is 0. The highest BCUT2D eigenvalue weighted by Crippen LogP contribution is 2.16. The van der Waals surface area contributed by atoms with Gasteiger partial charge in [-0.1, -0.05) is 17.7 Å². The van der Waals surface area contributed by atoms with Crippen molar-refractivity contribution in [1.82, 2.24) is 0 Å². The van der Waals surface area contributed by atoms with Crippen LogP contribution in [-0.2, 0) is 14.3 Å². The summed E-state index contributed by atoms with van der Waals surface area (Å²) in [4.78, 5) is -0.0579. The fourth-order valence-corrected chi connectivity index (χ4v) is 1.56. The third-order valence-corrected chi connectivity index (χ3v) is 2.53. The summed E-state index contributed by atoms with van der Waals surface area (Å²) < 4.78 is 25.7. The molecule has 5 heteroatoms. The van der Waals surface area contributed by atoms with Crippen molar-refractivity contribution in [1.29, 1.82) is 0 Å². The summed E-state index contributed by atoms with van der Waals surface area (Å²) in [7, 11) is 0.730. The van der Waals surface area contributed by atoms with Crippen molar-refractivity contribution in [3.05, 3.63) is 36.4 Å². The molecule has 0 atom stereocenters. The van der Waals surface area contributed by atoms with Gasteiger partial charge >= 0.3 is 0 Å².